The van der Waals surface area contributed by atoms with E-state index in [0.29, 0.717) is 25.0 Å². The molecule has 0 bridgehead atoms. The summed E-state index contributed by atoms with van der Waals surface area (Å²) in [6, 6.07) is 13.7. The monoisotopic (exact) mass is 351 g/mol. The third-order valence-electron chi connectivity index (χ3n) is 5.18. The van der Waals surface area contributed by atoms with Crippen LogP contribution in [0, 0.1) is 11.3 Å². The highest BCUT2D eigenvalue weighted by atomic mass is 15.3. The van der Waals surface area contributed by atoms with Gasteiger partial charge in [-0.2, -0.15) is 10.4 Å². The van der Waals surface area contributed by atoms with Crippen molar-refractivity contribution in [3.05, 3.63) is 42.1 Å². The van der Waals surface area contributed by atoms with Crippen molar-refractivity contribution in [1.82, 2.24) is 20.0 Å². The number of nitrogens with zero attached hydrogens (tertiary/aromatic N) is 4. The fourth-order valence-corrected chi connectivity index (χ4v) is 3.58. The third kappa shape index (κ3) is 4.72. The summed E-state index contributed by atoms with van der Waals surface area (Å²) in [5.41, 5.74) is 3.37. The van der Waals surface area contributed by atoms with Gasteiger partial charge < -0.3 is 10.2 Å². The van der Waals surface area contributed by atoms with E-state index in [9.17, 15) is 0 Å². The van der Waals surface area contributed by atoms with Crippen LogP contribution in [0.5, 0.6) is 0 Å². The standard InChI is InChI=1S/C21H29N5/c1-17(2)25-13-9-20(10-14-25)23-15-19-16-26(12-6-11-22)24-21(19)18-7-4-3-5-8-18/h3-5,7-8,16-17,20,23H,6,9-10,12-15H2,1-2H3. The van der Waals surface area contributed by atoms with E-state index in [0.717, 1.165) is 17.8 Å². The largest absolute Gasteiger partial charge is 0.310 e. The van der Waals surface area contributed by atoms with Crippen molar-refractivity contribution in [3.8, 4) is 17.3 Å². The second-order valence-electron chi connectivity index (χ2n) is 7.33. The lowest BCUT2D eigenvalue weighted by atomic mass is 10.0. The molecule has 3 rings (SSSR count). The maximum Gasteiger partial charge on any atom is 0.0968 e. The van der Waals surface area contributed by atoms with Crippen LogP contribution in [0.1, 0.15) is 38.7 Å². The summed E-state index contributed by atoms with van der Waals surface area (Å²) >= 11 is 0. The van der Waals surface area contributed by atoms with Crippen molar-refractivity contribution >= 4 is 0 Å². The van der Waals surface area contributed by atoms with Crippen LogP contribution in [0.3, 0.4) is 0 Å². The molecule has 5 nitrogen and oxygen atoms in total. The molecule has 138 valence electrons. The van der Waals surface area contributed by atoms with Crippen LogP contribution in [0.2, 0.25) is 0 Å². The molecule has 0 aliphatic carbocycles. The van der Waals surface area contributed by atoms with Crippen molar-refractivity contribution in [2.24, 2.45) is 0 Å². The van der Waals surface area contributed by atoms with Crippen LogP contribution in [0.15, 0.2) is 36.5 Å². The van der Waals surface area contributed by atoms with E-state index in [1.807, 2.05) is 22.9 Å². The number of likely N-dealkylation sites (tertiary alicyclic amines) is 1. The van der Waals surface area contributed by atoms with Gasteiger partial charge >= 0.3 is 0 Å². The van der Waals surface area contributed by atoms with Crippen LogP contribution in [-0.4, -0.2) is 39.9 Å². The quantitative estimate of drug-likeness (QED) is 0.830. The molecule has 0 atom stereocenters. The number of benzene rings is 1. The number of aryl methyl sites for hydroxylation is 1. The maximum atomic E-state index is 8.85. The minimum absolute atomic E-state index is 0.483. The smallest absolute Gasteiger partial charge is 0.0968 e. The van der Waals surface area contributed by atoms with Gasteiger partial charge in [-0.05, 0) is 39.8 Å². The first-order chi connectivity index (χ1) is 12.7. The van der Waals surface area contributed by atoms with Crippen molar-refractivity contribution in [1.29, 1.82) is 5.26 Å². The zero-order chi connectivity index (χ0) is 18.4. The van der Waals surface area contributed by atoms with Gasteiger partial charge in [0, 0.05) is 36.0 Å². The first kappa shape index (κ1) is 18.6. The molecule has 1 N–H and O–H groups in total. The summed E-state index contributed by atoms with van der Waals surface area (Å²) in [7, 11) is 0. The summed E-state index contributed by atoms with van der Waals surface area (Å²) in [6.45, 7) is 8.35. The maximum absolute atomic E-state index is 8.85. The Bertz CT molecular complexity index is 721. The minimum atomic E-state index is 0.483. The third-order valence-corrected chi connectivity index (χ3v) is 5.18. The van der Waals surface area contributed by atoms with Crippen molar-refractivity contribution < 1.29 is 0 Å². The van der Waals surface area contributed by atoms with Crippen molar-refractivity contribution in [3.63, 3.8) is 0 Å². The van der Waals surface area contributed by atoms with E-state index >= 15 is 0 Å². The predicted molar refractivity (Wildman–Crippen MR) is 104 cm³/mol. The van der Waals surface area contributed by atoms with E-state index in [1.54, 1.807) is 0 Å². The number of nitriles is 1. The molecule has 1 aliphatic rings. The molecule has 2 aromatic rings. The number of rotatable bonds is 7. The van der Waals surface area contributed by atoms with Gasteiger partial charge in [0.25, 0.3) is 0 Å². The molecular weight excluding hydrogens is 322 g/mol. The Labute approximate surface area is 156 Å². The van der Waals surface area contributed by atoms with E-state index in [4.69, 9.17) is 10.4 Å². The summed E-state index contributed by atoms with van der Waals surface area (Å²) in [5.74, 6) is 0. The lowest BCUT2D eigenvalue weighted by Crippen LogP contribution is -2.44. The molecule has 1 aromatic heterocycles. The lowest BCUT2D eigenvalue weighted by molar-refractivity contribution is 0.161. The fourth-order valence-electron chi connectivity index (χ4n) is 3.58. The molecule has 0 radical (unpaired) electrons. The highest BCUT2D eigenvalue weighted by Crippen LogP contribution is 2.23. The molecule has 1 aliphatic heterocycles. The lowest BCUT2D eigenvalue weighted by Gasteiger charge is -2.35. The Morgan fingerprint density at radius 2 is 1.96 bits per heavy atom. The number of nitrogens with one attached hydrogen (secondary N) is 1. The van der Waals surface area contributed by atoms with E-state index in [-0.39, 0.29) is 0 Å². The number of piperidine rings is 1. The van der Waals surface area contributed by atoms with Crippen LogP contribution in [-0.2, 0) is 13.1 Å². The highest BCUT2D eigenvalue weighted by Gasteiger charge is 2.21. The molecule has 0 unspecified atom stereocenters. The van der Waals surface area contributed by atoms with E-state index < -0.39 is 0 Å². The molecule has 0 saturated carbocycles. The molecular formula is C21H29N5. The fraction of sp³-hybridized carbons (Fsp3) is 0.524. The van der Waals surface area contributed by atoms with Crippen molar-refractivity contribution in [2.45, 2.75) is 58.3 Å². The molecule has 0 amide bonds. The molecule has 0 spiro atoms. The first-order valence-corrected chi connectivity index (χ1v) is 9.63. The Kier molecular flexibility index (Phi) is 6.43. The summed E-state index contributed by atoms with van der Waals surface area (Å²) < 4.78 is 1.91. The predicted octanol–water partition coefficient (Wildman–Crippen LogP) is 3.43. The van der Waals surface area contributed by atoms with Crippen molar-refractivity contribution in [2.75, 3.05) is 13.1 Å². The Hall–Kier alpha value is -2.16. The van der Waals surface area contributed by atoms with Gasteiger partial charge in [-0.25, -0.2) is 0 Å². The van der Waals surface area contributed by atoms with Gasteiger partial charge in [-0.15, -0.1) is 0 Å². The zero-order valence-electron chi connectivity index (χ0n) is 15.9. The van der Waals surface area contributed by atoms with Gasteiger partial charge in [0.05, 0.1) is 24.7 Å². The average molecular weight is 351 g/mol. The molecule has 2 heterocycles. The number of hydrogen-bond acceptors (Lipinski definition) is 4. The van der Waals surface area contributed by atoms with E-state index in [1.165, 1.54) is 31.5 Å². The van der Waals surface area contributed by atoms with Crippen LogP contribution < -0.4 is 5.32 Å². The molecule has 1 aromatic carbocycles. The number of hydrogen-bond donors (Lipinski definition) is 1. The highest BCUT2D eigenvalue weighted by molar-refractivity contribution is 5.62. The van der Waals surface area contributed by atoms with Gasteiger partial charge in [-0.3, -0.25) is 4.68 Å². The molecule has 5 heteroatoms. The Morgan fingerprint density at radius 3 is 2.62 bits per heavy atom. The second-order valence-corrected chi connectivity index (χ2v) is 7.33. The van der Waals surface area contributed by atoms with Crippen LogP contribution in [0.25, 0.3) is 11.3 Å². The van der Waals surface area contributed by atoms with Gasteiger partial charge in [0.1, 0.15) is 0 Å². The van der Waals surface area contributed by atoms with Gasteiger partial charge in [0.15, 0.2) is 0 Å². The second kappa shape index (κ2) is 8.98. The summed E-state index contributed by atoms with van der Waals surface area (Å²) in [6.07, 6.45) is 4.97. The summed E-state index contributed by atoms with van der Waals surface area (Å²) in [5, 5.41) is 17.3. The SMILES string of the molecule is CC(C)N1CCC(NCc2cn(CCC#N)nc2-c2ccccc2)CC1. The van der Waals surface area contributed by atoms with Crippen LogP contribution in [0.4, 0.5) is 0 Å². The molecule has 26 heavy (non-hydrogen) atoms. The first-order valence-electron chi connectivity index (χ1n) is 9.63. The van der Waals surface area contributed by atoms with Gasteiger partial charge in [0.2, 0.25) is 0 Å². The Balaban J connectivity index is 1.67. The topological polar surface area (TPSA) is 56.9 Å². The molecule has 1 fully saturated rings. The summed E-state index contributed by atoms with van der Waals surface area (Å²) in [4.78, 5) is 2.55. The normalized spacial score (nSPS) is 16.1. The zero-order valence-corrected chi connectivity index (χ0v) is 15.9. The van der Waals surface area contributed by atoms with Gasteiger partial charge in [-0.1, -0.05) is 30.3 Å². The minimum Gasteiger partial charge on any atom is -0.310 e. The average Bonchev–Trinajstić information content (AvgIpc) is 3.09. The number of aromatic nitrogens is 2. The molecule has 1 saturated heterocycles. The van der Waals surface area contributed by atoms with Crippen LogP contribution >= 0.6 is 0 Å². The van der Waals surface area contributed by atoms with E-state index in [2.05, 4.69) is 48.5 Å². The Morgan fingerprint density at radius 1 is 1.23 bits per heavy atom.